The molecule has 0 unspecified atom stereocenters. The molecule has 104 valence electrons. The number of nitrogens with one attached hydrogen (secondary N) is 1. The molecule has 2 aromatic rings. The van der Waals surface area contributed by atoms with Crippen LogP contribution in [-0.4, -0.2) is 19.1 Å². The molecule has 3 N–H and O–H groups in total. The Morgan fingerprint density at radius 1 is 1.10 bits per heavy atom. The smallest absolute Gasteiger partial charge is 0.255 e. The molecule has 0 atom stereocenters. The van der Waals surface area contributed by atoms with Gasteiger partial charge in [-0.1, -0.05) is 15.9 Å². The third-order valence-corrected chi connectivity index (χ3v) is 3.13. The molecule has 0 saturated carbocycles. The lowest BCUT2D eigenvalue weighted by Gasteiger charge is -2.07. The molecule has 1 amide bonds. The van der Waals surface area contributed by atoms with E-state index in [1.165, 1.54) is 0 Å². The molecular formula is C15H15BrN2O2. The van der Waals surface area contributed by atoms with Crippen LogP contribution in [0.1, 0.15) is 10.4 Å². The maximum atomic E-state index is 12.0. The summed E-state index contributed by atoms with van der Waals surface area (Å²) < 4.78 is 6.31. The zero-order valence-electron chi connectivity index (χ0n) is 10.8. The SMILES string of the molecule is NCCOc1ccc(NC(=O)c2ccc(Br)cc2)cc1. The van der Waals surface area contributed by atoms with Gasteiger partial charge >= 0.3 is 0 Å². The van der Waals surface area contributed by atoms with Crippen molar-refractivity contribution in [1.82, 2.24) is 0 Å². The Morgan fingerprint density at radius 2 is 1.75 bits per heavy atom. The summed E-state index contributed by atoms with van der Waals surface area (Å²) >= 11 is 3.34. The van der Waals surface area contributed by atoms with Crippen LogP contribution in [-0.2, 0) is 0 Å². The highest BCUT2D eigenvalue weighted by Gasteiger charge is 2.05. The quantitative estimate of drug-likeness (QED) is 0.883. The van der Waals surface area contributed by atoms with Gasteiger partial charge in [0.1, 0.15) is 12.4 Å². The van der Waals surface area contributed by atoms with E-state index >= 15 is 0 Å². The zero-order chi connectivity index (χ0) is 14.4. The number of hydrogen-bond acceptors (Lipinski definition) is 3. The maximum absolute atomic E-state index is 12.0. The van der Waals surface area contributed by atoms with Crippen molar-refractivity contribution >= 4 is 27.5 Å². The molecule has 2 rings (SSSR count). The normalized spacial score (nSPS) is 10.1. The van der Waals surface area contributed by atoms with Crippen LogP contribution < -0.4 is 15.8 Å². The fourth-order valence-corrected chi connectivity index (χ4v) is 1.88. The Bertz CT molecular complexity index is 567. The molecule has 2 aromatic carbocycles. The highest BCUT2D eigenvalue weighted by molar-refractivity contribution is 9.10. The van der Waals surface area contributed by atoms with Crippen LogP contribution in [0.4, 0.5) is 5.69 Å². The van der Waals surface area contributed by atoms with Crippen LogP contribution in [0.2, 0.25) is 0 Å². The third-order valence-electron chi connectivity index (χ3n) is 2.61. The summed E-state index contributed by atoms with van der Waals surface area (Å²) in [7, 11) is 0. The summed E-state index contributed by atoms with van der Waals surface area (Å²) in [5.41, 5.74) is 6.69. The molecule has 0 heterocycles. The summed E-state index contributed by atoms with van der Waals surface area (Å²) in [5.74, 6) is 0.588. The van der Waals surface area contributed by atoms with Crippen LogP contribution in [0.5, 0.6) is 5.75 Å². The van der Waals surface area contributed by atoms with Gasteiger partial charge in [0.05, 0.1) is 0 Å². The molecule has 4 nitrogen and oxygen atoms in total. The third kappa shape index (κ3) is 4.08. The van der Waals surface area contributed by atoms with E-state index in [2.05, 4.69) is 21.2 Å². The molecule has 0 bridgehead atoms. The topological polar surface area (TPSA) is 64.3 Å². The number of nitrogens with two attached hydrogens (primary N) is 1. The number of anilines is 1. The van der Waals surface area contributed by atoms with Crippen LogP contribution in [0.3, 0.4) is 0 Å². The number of hydrogen-bond donors (Lipinski definition) is 2. The second kappa shape index (κ2) is 7.07. The van der Waals surface area contributed by atoms with Crippen molar-refractivity contribution in [3.05, 3.63) is 58.6 Å². The number of amides is 1. The number of carbonyl (C=O) groups is 1. The van der Waals surface area contributed by atoms with E-state index in [4.69, 9.17) is 10.5 Å². The highest BCUT2D eigenvalue weighted by atomic mass is 79.9. The van der Waals surface area contributed by atoms with E-state index < -0.39 is 0 Å². The number of carbonyl (C=O) groups excluding carboxylic acids is 1. The van der Waals surface area contributed by atoms with Crippen LogP contribution in [0.15, 0.2) is 53.0 Å². The summed E-state index contributed by atoms with van der Waals surface area (Å²) in [5, 5.41) is 2.83. The predicted molar refractivity (Wildman–Crippen MR) is 83.1 cm³/mol. The highest BCUT2D eigenvalue weighted by Crippen LogP contribution is 2.17. The fraction of sp³-hybridized carbons (Fsp3) is 0.133. The second-order valence-electron chi connectivity index (χ2n) is 4.12. The van der Waals surface area contributed by atoms with E-state index in [1.54, 1.807) is 36.4 Å². The van der Waals surface area contributed by atoms with E-state index in [9.17, 15) is 4.79 Å². The molecule has 0 aromatic heterocycles. The van der Waals surface area contributed by atoms with Gasteiger partial charge in [0.25, 0.3) is 5.91 Å². The van der Waals surface area contributed by atoms with Crippen LogP contribution >= 0.6 is 15.9 Å². The van der Waals surface area contributed by atoms with Gasteiger partial charge in [0.15, 0.2) is 0 Å². The Hall–Kier alpha value is -1.85. The Balaban J connectivity index is 1.99. The molecule has 0 fully saturated rings. The molecule has 0 saturated heterocycles. The molecule has 0 aliphatic rings. The van der Waals surface area contributed by atoms with Crippen molar-refractivity contribution in [2.45, 2.75) is 0 Å². The Kier molecular flexibility index (Phi) is 5.15. The summed E-state index contributed by atoms with van der Waals surface area (Å²) in [6.45, 7) is 0.951. The second-order valence-corrected chi connectivity index (χ2v) is 5.04. The van der Waals surface area contributed by atoms with Crippen molar-refractivity contribution in [1.29, 1.82) is 0 Å². The minimum atomic E-state index is -0.145. The molecule has 0 spiro atoms. The first-order valence-corrected chi connectivity index (χ1v) is 6.98. The molecule has 0 aliphatic carbocycles. The van der Waals surface area contributed by atoms with Gasteiger partial charge in [-0.2, -0.15) is 0 Å². The minimum Gasteiger partial charge on any atom is -0.492 e. The lowest BCUT2D eigenvalue weighted by molar-refractivity contribution is 0.102. The number of halogens is 1. The molecule has 20 heavy (non-hydrogen) atoms. The Morgan fingerprint density at radius 3 is 2.35 bits per heavy atom. The van der Waals surface area contributed by atoms with Crippen molar-refractivity contribution < 1.29 is 9.53 Å². The van der Waals surface area contributed by atoms with Gasteiger partial charge in [0.2, 0.25) is 0 Å². The first-order chi connectivity index (χ1) is 9.69. The standard InChI is InChI=1S/C15H15BrN2O2/c16-12-3-1-11(2-4-12)15(19)18-13-5-7-14(8-6-13)20-10-9-17/h1-8H,9-10,17H2,(H,18,19). The zero-order valence-corrected chi connectivity index (χ0v) is 12.4. The van der Waals surface area contributed by atoms with Gasteiger partial charge in [-0.05, 0) is 48.5 Å². The summed E-state index contributed by atoms with van der Waals surface area (Å²) in [6, 6.07) is 14.4. The molecule has 0 radical (unpaired) electrons. The lowest BCUT2D eigenvalue weighted by atomic mass is 10.2. The van der Waals surface area contributed by atoms with E-state index in [1.807, 2.05) is 12.1 Å². The Labute approximate surface area is 126 Å². The van der Waals surface area contributed by atoms with Gasteiger partial charge in [-0.3, -0.25) is 4.79 Å². The summed E-state index contributed by atoms with van der Waals surface area (Å²) in [4.78, 5) is 12.0. The number of rotatable bonds is 5. The van der Waals surface area contributed by atoms with Crippen molar-refractivity contribution in [2.24, 2.45) is 5.73 Å². The molecular weight excluding hydrogens is 320 g/mol. The predicted octanol–water partition coefficient (Wildman–Crippen LogP) is 3.04. The van der Waals surface area contributed by atoms with Gasteiger partial charge in [0, 0.05) is 22.3 Å². The molecule has 0 aliphatic heterocycles. The maximum Gasteiger partial charge on any atom is 0.255 e. The average Bonchev–Trinajstić information content (AvgIpc) is 2.47. The van der Waals surface area contributed by atoms with Gasteiger partial charge in [-0.25, -0.2) is 0 Å². The minimum absolute atomic E-state index is 0.145. The van der Waals surface area contributed by atoms with Crippen LogP contribution in [0, 0.1) is 0 Å². The number of benzene rings is 2. The average molecular weight is 335 g/mol. The van der Waals surface area contributed by atoms with E-state index in [0.29, 0.717) is 18.7 Å². The van der Waals surface area contributed by atoms with Crippen molar-refractivity contribution in [3.63, 3.8) is 0 Å². The first-order valence-electron chi connectivity index (χ1n) is 6.19. The first kappa shape index (κ1) is 14.6. The van der Waals surface area contributed by atoms with Crippen molar-refractivity contribution in [2.75, 3.05) is 18.5 Å². The van der Waals surface area contributed by atoms with Gasteiger partial charge in [-0.15, -0.1) is 0 Å². The lowest BCUT2D eigenvalue weighted by Crippen LogP contribution is -2.12. The summed E-state index contributed by atoms with van der Waals surface area (Å²) in [6.07, 6.45) is 0. The largest absolute Gasteiger partial charge is 0.492 e. The van der Waals surface area contributed by atoms with Crippen molar-refractivity contribution in [3.8, 4) is 5.75 Å². The fourth-order valence-electron chi connectivity index (χ4n) is 1.62. The van der Waals surface area contributed by atoms with E-state index in [-0.39, 0.29) is 5.91 Å². The molecule has 5 heteroatoms. The monoisotopic (exact) mass is 334 g/mol. The van der Waals surface area contributed by atoms with Crippen LogP contribution in [0.25, 0.3) is 0 Å². The van der Waals surface area contributed by atoms with Gasteiger partial charge < -0.3 is 15.8 Å². The van der Waals surface area contributed by atoms with E-state index in [0.717, 1.165) is 15.9 Å². The number of ether oxygens (including phenoxy) is 1.